The smallest absolute Gasteiger partial charge is 0.296 e. The molecule has 0 aliphatic heterocycles. The second-order valence-electron chi connectivity index (χ2n) is 5.92. The lowest BCUT2D eigenvalue weighted by Gasteiger charge is -2.13. The van der Waals surface area contributed by atoms with Gasteiger partial charge < -0.3 is 10.3 Å². The van der Waals surface area contributed by atoms with Crippen LogP contribution < -0.4 is 5.32 Å². The van der Waals surface area contributed by atoms with Crippen molar-refractivity contribution < 1.29 is 9.59 Å². The Labute approximate surface area is 144 Å². The fraction of sp³-hybridized carbons (Fsp3) is 0.158. The molecular weight excluding hydrogens is 324 g/mol. The minimum absolute atomic E-state index is 0.242. The zero-order chi connectivity index (χ0) is 17.3. The summed E-state index contributed by atoms with van der Waals surface area (Å²) in [7, 11) is 0. The van der Waals surface area contributed by atoms with E-state index in [0.29, 0.717) is 21.7 Å². The molecule has 0 saturated carbocycles. The molecule has 3 aromatic rings. The van der Waals surface area contributed by atoms with Gasteiger partial charge in [-0.05, 0) is 29.7 Å². The van der Waals surface area contributed by atoms with Gasteiger partial charge in [-0.2, -0.15) is 0 Å². The number of amides is 1. The minimum atomic E-state index is -0.654. The molecule has 2 aromatic carbocycles. The maximum atomic E-state index is 12.5. The third kappa shape index (κ3) is 3.05. The Morgan fingerprint density at radius 1 is 1.12 bits per heavy atom. The van der Waals surface area contributed by atoms with E-state index in [-0.39, 0.29) is 5.92 Å². The molecule has 0 saturated heterocycles. The number of Topliss-reactive ketones (excluding diaryl/α,β-unsaturated/α-hetero) is 1. The highest BCUT2D eigenvalue weighted by Gasteiger charge is 2.21. The fourth-order valence-electron chi connectivity index (χ4n) is 2.70. The van der Waals surface area contributed by atoms with Crippen LogP contribution in [-0.2, 0) is 4.79 Å². The first-order valence-corrected chi connectivity index (χ1v) is 8.06. The van der Waals surface area contributed by atoms with Crippen molar-refractivity contribution in [1.82, 2.24) is 4.98 Å². The summed E-state index contributed by atoms with van der Waals surface area (Å²) >= 11 is 5.94. The Balaban J connectivity index is 1.89. The van der Waals surface area contributed by atoms with E-state index in [1.165, 1.54) is 6.20 Å². The van der Waals surface area contributed by atoms with Gasteiger partial charge in [-0.15, -0.1) is 0 Å². The van der Waals surface area contributed by atoms with Crippen molar-refractivity contribution in [3.8, 4) is 0 Å². The van der Waals surface area contributed by atoms with E-state index in [9.17, 15) is 9.59 Å². The third-order valence-corrected chi connectivity index (χ3v) is 4.16. The number of anilines is 1. The maximum absolute atomic E-state index is 12.5. The number of benzene rings is 2. The van der Waals surface area contributed by atoms with E-state index in [4.69, 9.17) is 11.6 Å². The molecule has 0 unspecified atom stereocenters. The Morgan fingerprint density at radius 3 is 2.62 bits per heavy atom. The van der Waals surface area contributed by atoms with Crippen molar-refractivity contribution >= 4 is 39.9 Å². The summed E-state index contributed by atoms with van der Waals surface area (Å²) in [6.45, 7) is 4.08. The molecule has 0 radical (unpaired) electrons. The van der Waals surface area contributed by atoms with Crippen molar-refractivity contribution in [2.24, 2.45) is 0 Å². The van der Waals surface area contributed by atoms with E-state index in [2.05, 4.69) is 10.3 Å². The van der Waals surface area contributed by atoms with E-state index in [1.807, 2.05) is 32.0 Å². The number of carbonyl (C=O) groups is 2. The van der Waals surface area contributed by atoms with Crippen molar-refractivity contribution in [3.63, 3.8) is 0 Å². The first kappa shape index (κ1) is 16.3. The Morgan fingerprint density at radius 2 is 1.88 bits per heavy atom. The summed E-state index contributed by atoms with van der Waals surface area (Å²) in [5.41, 5.74) is 2.71. The molecule has 122 valence electrons. The van der Waals surface area contributed by atoms with Gasteiger partial charge in [-0.1, -0.05) is 49.7 Å². The number of carbonyl (C=O) groups excluding carboxylic acids is 2. The average molecular weight is 341 g/mol. The molecule has 0 atom stereocenters. The van der Waals surface area contributed by atoms with Crippen LogP contribution in [0.15, 0.2) is 48.7 Å². The highest BCUT2D eigenvalue weighted by Crippen LogP contribution is 2.25. The fourth-order valence-corrected chi connectivity index (χ4v) is 2.87. The largest absolute Gasteiger partial charge is 0.360 e. The molecular formula is C19H17ClN2O2. The Kier molecular flexibility index (Phi) is 4.40. The first-order valence-electron chi connectivity index (χ1n) is 7.68. The van der Waals surface area contributed by atoms with Gasteiger partial charge in [0.2, 0.25) is 0 Å². The number of aromatic amines is 1. The summed E-state index contributed by atoms with van der Waals surface area (Å²) in [6.07, 6.45) is 1.54. The van der Waals surface area contributed by atoms with Crippen molar-refractivity contribution in [2.45, 2.75) is 19.8 Å². The van der Waals surface area contributed by atoms with Gasteiger partial charge in [0.05, 0.1) is 5.56 Å². The van der Waals surface area contributed by atoms with Crippen LogP contribution in [0.4, 0.5) is 5.69 Å². The quantitative estimate of drug-likeness (QED) is 0.531. The molecule has 5 heteroatoms. The van der Waals surface area contributed by atoms with Gasteiger partial charge in [-0.25, -0.2) is 0 Å². The topological polar surface area (TPSA) is 62.0 Å². The molecule has 0 fully saturated rings. The summed E-state index contributed by atoms with van der Waals surface area (Å²) < 4.78 is 0. The van der Waals surface area contributed by atoms with Gasteiger partial charge >= 0.3 is 0 Å². The predicted octanol–water partition coefficient (Wildman–Crippen LogP) is 4.77. The molecule has 1 aromatic heterocycles. The van der Waals surface area contributed by atoms with Crippen LogP contribution >= 0.6 is 11.6 Å². The Bertz CT molecular complexity index is 928. The number of rotatable bonds is 4. The highest BCUT2D eigenvalue weighted by atomic mass is 35.5. The number of para-hydroxylation sites is 1. The first-order chi connectivity index (χ1) is 11.5. The predicted molar refractivity (Wildman–Crippen MR) is 96.8 cm³/mol. The van der Waals surface area contributed by atoms with E-state index in [0.717, 1.165) is 11.1 Å². The van der Waals surface area contributed by atoms with E-state index >= 15 is 0 Å². The monoisotopic (exact) mass is 340 g/mol. The van der Waals surface area contributed by atoms with Gasteiger partial charge in [0, 0.05) is 27.8 Å². The highest BCUT2D eigenvalue weighted by molar-refractivity contribution is 6.48. The lowest BCUT2D eigenvalue weighted by atomic mass is 10.0. The van der Waals surface area contributed by atoms with Crippen molar-refractivity contribution in [1.29, 1.82) is 0 Å². The zero-order valence-electron chi connectivity index (χ0n) is 13.4. The normalized spacial score (nSPS) is 11.0. The van der Waals surface area contributed by atoms with E-state index in [1.54, 1.807) is 24.3 Å². The van der Waals surface area contributed by atoms with Gasteiger partial charge in [0.15, 0.2) is 0 Å². The average Bonchev–Trinajstić information content (AvgIpc) is 2.97. The number of hydrogen-bond acceptors (Lipinski definition) is 2. The lowest BCUT2D eigenvalue weighted by molar-refractivity contribution is -0.112. The third-order valence-electron chi connectivity index (χ3n) is 3.93. The molecule has 4 nitrogen and oxygen atoms in total. The minimum Gasteiger partial charge on any atom is -0.360 e. The molecule has 0 aliphatic carbocycles. The standard InChI is InChI=1S/C19H17ClN2O2/c1-11(2)13-5-3-4-6-16(13)22-19(24)18(23)15-10-21-17-9-12(20)7-8-14(15)17/h3-11,21H,1-2H3,(H,22,24). The van der Waals surface area contributed by atoms with Crippen LogP contribution in [0.25, 0.3) is 10.9 Å². The van der Waals surface area contributed by atoms with Crippen LogP contribution in [0.5, 0.6) is 0 Å². The second kappa shape index (κ2) is 6.49. The Hall–Kier alpha value is -2.59. The number of hydrogen-bond donors (Lipinski definition) is 2. The van der Waals surface area contributed by atoms with Crippen molar-refractivity contribution in [3.05, 3.63) is 64.8 Å². The molecule has 0 bridgehead atoms. The second-order valence-corrected chi connectivity index (χ2v) is 6.35. The number of aromatic nitrogens is 1. The van der Waals surface area contributed by atoms with Crippen LogP contribution in [0.3, 0.4) is 0 Å². The van der Waals surface area contributed by atoms with Crippen molar-refractivity contribution in [2.75, 3.05) is 5.32 Å². The number of halogens is 1. The SMILES string of the molecule is CC(C)c1ccccc1NC(=O)C(=O)c1c[nH]c2cc(Cl)ccc12. The van der Waals surface area contributed by atoms with Crippen LogP contribution in [0.2, 0.25) is 5.02 Å². The number of H-pyrrole nitrogens is 1. The van der Waals surface area contributed by atoms with Crippen LogP contribution in [0.1, 0.15) is 35.7 Å². The molecule has 1 heterocycles. The summed E-state index contributed by atoms with van der Waals surface area (Å²) in [4.78, 5) is 27.9. The number of ketones is 1. The molecule has 0 aliphatic rings. The number of nitrogens with one attached hydrogen (secondary N) is 2. The number of fused-ring (bicyclic) bond motifs is 1. The van der Waals surface area contributed by atoms with Gasteiger partial charge in [-0.3, -0.25) is 9.59 Å². The summed E-state index contributed by atoms with van der Waals surface area (Å²) in [6, 6.07) is 12.6. The summed E-state index contributed by atoms with van der Waals surface area (Å²) in [5.74, 6) is -0.993. The molecule has 2 N–H and O–H groups in total. The lowest BCUT2D eigenvalue weighted by Crippen LogP contribution is -2.23. The molecule has 0 spiro atoms. The van der Waals surface area contributed by atoms with Crippen LogP contribution in [-0.4, -0.2) is 16.7 Å². The van der Waals surface area contributed by atoms with Crippen LogP contribution in [0, 0.1) is 0 Å². The van der Waals surface area contributed by atoms with Gasteiger partial charge in [0.25, 0.3) is 11.7 Å². The maximum Gasteiger partial charge on any atom is 0.296 e. The summed E-state index contributed by atoms with van der Waals surface area (Å²) in [5, 5.41) is 3.97. The molecule has 24 heavy (non-hydrogen) atoms. The zero-order valence-corrected chi connectivity index (χ0v) is 14.1. The van der Waals surface area contributed by atoms with Gasteiger partial charge in [0.1, 0.15) is 0 Å². The molecule has 1 amide bonds. The molecule has 3 rings (SSSR count). The van der Waals surface area contributed by atoms with E-state index < -0.39 is 11.7 Å².